The summed E-state index contributed by atoms with van der Waals surface area (Å²) in [7, 11) is 0. The molecule has 1 fully saturated rings. The molecule has 1 unspecified atom stereocenters. The van der Waals surface area contributed by atoms with E-state index in [0.29, 0.717) is 12.1 Å². The van der Waals surface area contributed by atoms with Crippen molar-refractivity contribution >= 4 is 23.1 Å². The summed E-state index contributed by atoms with van der Waals surface area (Å²) in [6, 6.07) is 1.90. The minimum absolute atomic E-state index is 0.0192. The second-order valence-corrected chi connectivity index (χ2v) is 8.00. The Morgan fingerprint density at radius 3 is 2.59 bits per heavy atom. The van der Waals surface area contributed by atoms with Gasteiger partial charge in [-0.15, -0.1) is 0 Å². The summed E-state index contributed by atoms with van der Waals surface area (Å²) in [6.07, 6.45) is 0.218. The number of amides is 1. The van der Waals surface area contributed by atoms with Crippen LogP contribution in [0, 0.1) is 17.5 Å². The maximum Gasteiger partial charge on any atom is 0.412 e. The zero-order chi connectivity index (χ0) is 26.5. The molecule has 0 saturated carbocycles. The van der Waals surface area contributed by atoms with Gasteiger partial charge in [0.15, 0.2) is 23.4 Å². The molecule has 11 nitrogen and oxygen atoms in total. The molecule has 1 aromatic carbocycles. The van der Waals surface area contributed by atoms with E-state index in [-0.39, 0.29) is 22.6 Å². The van der Waals surface area contributed by atoms with E-state index in [0.717, 1.165) is 11.1 Å². The molecule has 0 spiro atoms. The molecule has 1 aliphatic rings. The number of anilines is 2. The lowest BCUT2D eigenvalue weighted by atomic mass is 10.2. The van der Waals surface area contributed by atoms with Crippen molar-refractivity contribution in [2.24, 2.45) is 0 Å². The molecule has 1 amide bonds. The molecule has 3 aromatic heterocycles. The Hall–Kier alpha value is -4.76. The monoisotopic (exact) mass is 523 g/mol. The topological polar surface area (TPSA) is 137 Å². The van der Waals surface area contributed by atoms with Crippen LogP contribution in [-0.4, -0.2) is 55.8 Å². The summed E-state index contributed by atoms with van der Waals surface area (Å²) < 4.78 is 76.3. The van der Waals surface area contributed by atoms with Crippen LogP contribution in [0.3, 0.4) is 0 Å². The Bertz CT molecular complexity index is 1630. The van der Waals surface area contributed by atoms with Gasteiger partial charge in [0.25, 0.3) is 5.56 Å². The molecule has 1 aliphatic heterocycles. The van der Waals surface area contributed by atoms with Crippen LogP contribution in [-0.2, 0) is 4.74 Å². The van der Waals surface area contributed by atoms with Gasteiger partial charge in [-0.3, -0.25) is 15.1 Å². The molecule has 0 aliphatic carbocycles. The fraction of sp³-hybridized carbons (Fsp3) is 0.190. The molecule has 0 bridgehead atoms. The van der Waals surface area contributed by atoms with Gasteiger partial charge in [-0.25, -0.2) is 41.0 Å². The third-order valence-corrected chi connectivity index (χ3v) is 5.52. The minimum atomic E-state index is -3.61. The van der Waals surface area contributed by atoms with Gasteiger partial charge in [0, 0.05) is 30.7 Å². The average Bonchev–Trinajstić information content (AvgIpc) is 3.39. The van der Waals surface area contributed by atoms with Crippen LogP contribution in [0.4, 0.5) is 38.1 Å². The van der Waals surface area contributed by atoms with Crippen molar-refractivity contribution in [3.63, 3.8) is 0 Å². The quantitative estimate of drug-likeness (QED) is 0.349. The van der Waals surface area contributed by atoms with Crippen molar-refractivity contribution in [3.8, 4) is 11.3 Å². The highest BCUT2D eigenvalue weighted by Crippen LogP contribution is 2.36. The molecular weight excluding hydrogens is 509 g/mol. The number of hydrogen-bond acceptors (Lipinski definition) is 7. The van der Waals surface area contributed by atoms with Gasteiger partial charge in [0.05, 0.1) is 24.3 Å². The Kier molecular flexibility index (Phi) is 5.65. The van der Waals surface area contributed by atoms with E-state index in [1.807, 2.05) is 4.98 Å². The number of carbonyl (C=O) groups excluding carboxylic acids is 1. The van der Waals surface area contributed by atoms with Gasteiger partial charge in [-0.05, 0) is 6.07 Å². The number of rotatable bonds is 4. The van der Waals surface area contributed by atoms with Gasteiger partial charge < -0.3 is 14.6 Å². The first-order valence-electron chi connectivity index (χ1n) is 10.4. The highest BCUT2D eigenvalue weighted by Gasteiger charge is 2.51. The van der Waals surface area contributed by atoms with Crippen molar-refractivity contribution in [2.45, 2.75) is 12.0 Å². The van der Waals surface area contributed by atoms with Crippen molar-refractivity contribution < 1.29 is 31.5 Å². The average molecular weight is 523 g/mol. The van der Waals surface area contributed by atoms with Gasteiger partial charge in [0.2, 0.25) is 0 Å². The predicted molar refractivity (Wildman–Crippen MR) is 117 cm³/mol. The lowest BCUT2D eigenvalue weighted by Gasteiger charge is -2.19. The molecule has 4 heterocycles. The summed E-state index contributed by atoms with van der Waals surface area (Å²) in [5.74, 6) is -7.77. The third kappa shape index (κ3) is 4.48. The van der Waals surface area contributed by atoms with Crippen LogP contribution in [0.25, 0.3) is 16.9 Å². The van der Waals surface area contributed by atoms with E-state index in [2.05, 4.69) is 15.1 Å². The Balaban J connectivity index is 1.43. The molecule has 16 heteroatoms. The Morgan fingerprint density at radius 1 is 1.16 bits per heavy atom. The summed E-state index contributed by atoms with van der Waals surface area (Å²) in [6.45, 7) is -1.51. The standard InChI is InChI=1S/C21H14F5N7O4/c22-9-3-11(23)16(12(24)4-9)29-20(36)37-15-7-32(8-21(15,25)26)14-5-13(31-33-2-1-27-17(14)33)10-6-28-19(35)30-18(10)34/h1-6,15H,7-8H2,(H,29,36)(H2,28,30,34,35). The van der Waals surface area contributed by atoms with Crippen LogP contribution in [0.2, 0.25) is 0 Å². The summed E-state index contributed by atoms with van der Waals surface area (Å²) >= 11 is 0. The second-order valence-electron chi connectivity index (χ2n) is 8.00. The number of H-pyrrole nitrogens is 2. The van der Waals surface area contributed by atoms with Crippen LogP contribution >= 0.6 is 0 Å². The maximum absolute atomic E-state index is 14.8. The smallest absolute Gasteiger partial charge is 0.412 e. The molecule has 37 heavy (non-hydrogen) atoms. The third-order valence-electron chi connectivity index (χ3n) is 5.52. The lowest BCUT2D eigenvalue weighted by molar-refractivity contribution is -0.0735. The SMILES string of the molecule is O=C(Nc1c(F)cc(F)cc1F)OC1CN(c2cc(-c3c[nH]c(=O)[nH]c3=O)nn3ccnc23)CC1(F)F. The first kappa shape index (κ1) is 24.0. The summed E-state index contributed by atoms with van der Waals surface area (Å²) in [4.78, 5) is 45.3. The number of carbonyl (C=O) groups is 1. The van der Waals surface area contributed by atoms with Crippen LogP contribution in [0.5, 0.6) is 0 Å². The first-order chi connectivity index (χ1) is 17.5. The number of fused-ring (bicyclic) bond motifs is 1. The molecular formula is C21H14F5N7O4. The number of nitrogens with zero attached hydrogens (tertiary/aromatic N) is 4. The number of ether oxygens (including phenoxy) is 1. The van der Waals surface area contributed by atoms with Crippen LogP contribution < -0.4 is 21.5 Å². The van der Waals surface area contributed by atoms with Crippen molar-refractivity contribution in [2.75, 3.05) is 23.3 Å². The van der Waals surface area contributed by atoms with Gasteiger partial charge in [0.1, 0.15) is 17.2 Å². The highest BCUT2D eigenvalue weighted by atomic mass is 19.3. The van der Waals surface area contributed by atoms with Crippen molar-refractivity contribution in [1.29, 1.82) is 0 Å². The van der Waals surface area contributed by atoms with Crippen LogP contribution in [0.1, 0.15) is 0 Å². The number of aromatic amines is 2. The number of nitrogens with one attached hydrogen (secondary N) is 3. The largest absolute Gasteiger partial charge is 0.438 e. The predicted octanol–water partition coefficient (Wildman–Crippen LogP) is 2.26. The molecule has 1 saturated heterocycles. The fourth-order valence-electron chi connectivity index (χ4n) is 3.85. The minimum Gasteiger partial charge on any atom is -0.438 e. The van der Waals surface area contributed by atoms with E-state index < -0.39 is 65.6 Å². The number of imidazole rings is 1. The van der Waals surface area contributed by atoms with E-state index >= 15 is 0 Å². The molecule has 192 valence electrons. The molecule has 3 N–H and O–H groups in total. The second kappa shape index (κ2) is 8.72. The van der Waals surface area contributed by atoms with E-state index in [9.17, 15) is 36.3 Å². The number of halogens is 5. The number of aromatic nitrogens is 5. The number of hydrogen-bond donors (Lipinski definition) is 3. The van der Waals surface area contributed by atoms with Crippen LogP contribution in [0.15, 0.2) is 46.4 Å². The summed E-state index contributed by atoms with van der Waals surface area (Å²) in [5, 5.41) is 5.87. The van der Waals surface area contributed by atoms with Gasteiger partial charge in [-0.2, -0.15) is 5.10 Å². The Labute approximate surface area is 201 Å². The normalized spacial score (nSPS) is 16.8. The molecule has 1 atom stereocenters. The van der Waals surface area contributed by atoms with Gasteiger partial charge in [-0.1, -0.05) is 0 Å². The maximum atomic E-state index is 14.8. The Morgan fingerprint density at radius 2 is 1.89 bits per heavy atom. The molecule has 0 radical (unpaired) electrons. The van der Waals surface area contributed by atoms with Gasteiger partial charge >= 0.3 is 17.7 Å². The van der Waals surface area contributed by atoms with E-state index in [4.69, 9.17) is 4.74 Å². The van der Waals surface area contributed by atoms with Crippen molar-refractivity contribution in [1.82, 2.24) is 24.6 Å². The van der Waals surface area contributed by atoms with E-state index in [1.165, 1.54) is 23.0 Å². The summed E-state index contributed by atoms with van der Waals surface area (Å²) in [5.41, 5.74) is -2.39. The highest BCUT2D eigenvalue weighted by molar-refractivity contribution is 5.85. The van der Waals surface area contributed by atoms with Crippen molar-refractivity contribution in [3.05, 3.63) is 75.1 Å². The van der Waals surface area contributed by atoms with E-state index in [1.54, 1.807) is 5.32 Å². The zero-order valence-electron chi connectivity index (χ0n) is 18.3. The lowest BCUT2D eigenvalue weighted by Crippen LogP contribution is -2.37. The number of benzene rings is 1. The molecule has 4 aromatic rings. The number of alkyl halides is 2. The zero-order valence-corrected chi connectivity index (χ0v) is 18.3. The first-order valence-corrected chi connectivity index (χ1v) is 10.4. The molecule has 5 rings (SSSR count). The fourth-order valence-corrected chi connectivity index (χ4v) is 3.85.